The number of urea groups is 1. The SMILES string of the molecule is CC(C)C(N)CC(=O)N1CCC(N2CCNC2=O)CC1. The highest BCUT2D eigenvalue weighted by Gasteiger charge is 2.32. The van der Waals surface area contributed by atoms with Crippen LogP contribution in [0.5, 0.6) is 0 Å². The number of piperidine rings is 1. The second-order valence-electron chi connectivity index (χ2n) is 6.15. The Kier molecular flexibility index (Phi) is 4.86. The van der Waals surface area contributed by atoms with Crippen molar-refractivity contribution in [3.05, 3.63) is 0 Å². The van der Waals surface area contributed by atoms with E-state index in [2.05, 4.69) is 5.32 Å². The summed E-state index contributed by atoms with van der Waals surface area (Å²) in [5.41, 5.74) is 5.96. The minimum atomic E-state index is -0.0652. The first-order valence-electron chi connectivity index (χ1n) is 7.57. The summed E-state index contributed by atoms with van der Waals surface area (Å²) < 4.78 is 0. The van der Waals surface area contributed by atoms with Crippen LogP contribution in [0.25, 0.3) is 0 Å². The number of nitrogens with zero attached hydrogens (tertiary/aromatic N) is 2. The number of rotatable bonds is 4. The van der Waals surface area contributed by atoms with E-state index in [1.54, 1.807) is 0 Å². The molecule has 0 aliphatic carbocycles. The van der Waals surface area contributed by atoms with Gasteiger partial charge in [0.1, 0.15) is 0 Å². The zero-order valence-electron chi connectivity index (χ0n) is 12.5. The van der Waals surface area contributed by atoms with Gasteiger partial charge in [0.2, 0.25) is 5.91 Å². The number of carbonyl (C=O) groups is 2. The molecule has 1 atom stereocenters. The Labute approximate surface area is 120 Å². The van der Waals surface area contributed by atoms with Crippen molar-refractivity contribution in [2.45, 2.75) is 45.2 Å². The fraction of sp³-hybridized carbons (Fsp3) is 0.857. The largest absolute Gasteiger partial charge is 0.342 e. The van der Waals surface area contributed by atoms with E-state index in [0.717, 1.165) is 39.0 Å². The third-order valence-electron chi connectivity index (χ3n) is 4.41. The van der Waals surface area contributed by atoms with Crippen LogP contribution in [0.1, 0.15) is 33.1 Å². The second-order valence-corrected chi connectivity index (χ2v) is 6.15. The molecule has 0 saturated carbocycles. The lowest BCUT2D eigenvalue weighted by Crippen LogP contribution is -2.48. The predicted molar refractivity (Wildman–Crippen MR) is 77.1 cm³/mol. The van der Waals surface area contributed by atoms with E-state index in [0.29, 0.717) is 12.3 Å². The van der Waals surface area contributed by atoms with Crippen LogP contribution in [0, 0.1) is 5.92 Å². The Morgan fingerprint density at radius 1 is 1.35 bits per heavy atom. The molecule has 1 unspecified atom stereocenters. The van der Waals surface area contributed by atoms with Gasteiger partial charge in [-0.05, 0) is 18.8 Å². The Balaban J connectivity index is 1.79. The molecule has 2 fully saturated rings. The first-order valence-corrected chi connectivity index (χ1v) is 7.57. The highest BCUT2D eigenvalue weighted by Crippen LogP contribution is 2.19. The number of carbonyl (C=O) groups excluding carboxylic acids is 2. The summed E-state index contributed by atoms with van der Waals surface area (Å²) >= 11 is 0. The van der Waals surface area contributed by atoms with Crippen molar-refractivity contribution in [3.8, 4) is 0 Å². The van der Waals surface area contributed by atoms with Gasteiger partial charge in [0.25, 0.3) is 0 Å². The number of nitrogens with one attached hydrogen (secondary N) is 1. The van der Waals surface area contributed by atoms with Gasteiger partial charge in [-0.3, -0.25) is 4.79 Å². The summed E-state index contributed by atoms with van der Waals surface area (Å²) in [5, 5.41) is 2.83. The van der Waals surface area contributed by atoms with Gasteiger partial charge >= 0.3 is 6.03 Å². The van der Waals surface area contributed by atoms with Crippen molar-refractivity contribution >= 4 is 11.9 Å². The molecular weight excluding hydrogens is 256 g/mol. The maximum Gasteiger partial charge on any atom is 0.317 e. The molecule has 2 aliphatic rings. The molecule has 114 valence electrons. The monoisotopic (exact) mass is 282 g/mol. The molecule has 0 spiro atoms. The Hall–Kier alpha value is -1.30. The Morgan fingerprint density at radius 3 is 2.50 bits per heavy atom. The van der Waals surface area contributed by atoms with Crippen LogP contribution in [-0.4, -0.2) is 60.0 Å². The number of likely N-dealkylation sites (tertiary alicyclic amines) is 1. The van der Waals surface area contributed by atoms with Crippen LogP contribution in [0.4, 0.5) is 4.79 Å². The Morgan fingerprint density at radius 2 is 2.00 bits per heavy atom. The van der Waals surface area contributed by atoms with Crippen LogP contribution in [0.3, 0.4) is 0 Å². The standard InChI is InChI=1S/C14H26N4O2/c1-10(2)12(15)9-13(19)17-6-3-11(4-7-17)18-8-5-16-14(18)20/h10-12H,3-9,15H2,1-2H3,(H,16,20). The molecule has 6 nitrogen and oxygen atoms in total. The molecule has 20 heavy (non-hydrogen) atoms. The van der Waals surface area contributed by atoms with Gasteiger partial charge in [0.15, 0.2) is 0 Å². The van der Waals surface area contributed by atoms with Crippen molar-refractivity contribution in [1.29, 1.82) is 0 Å². The lowest BCUT2D eigenvalue weighted by atomic mass is 9.99. The molecular formula is C14H26N4O2. The molecule has 2 heterocycles. The summed E-state index contributed by atoms with van der Waals surface area (Å²) in [6, 6.07) is 0.251. The highest BCUT2D eigenvalue weighted by molar-refractivity contribution is 5.77. The average molecular weight is 282 g/mol. The summed E-state index contributed by atoms with van der Waals surface area (Å²) in [6.45, 7) is 7.07. The summed E-state index contributed by atoms with van der Waals surface area (Å²) in [4.78, 5) is 27.6. The molecule has 0 aromatic heterocycles. The fourth-order valence-corrected chi connectivity index (χ4v) is 2.83. The zero-order valence-corrected chi connectivity index (χ0v) is 12.5. The van der Waals surface area contributed by atoms with E-state index in [-0.39, 0.29) is 24.0 Å². The molecule has 0 bridgehead atoms. The smallest absolute Gasteiger partial charge is 0.317 e. The van der Waals surface area contributed by atoms with Crippen LogP contribution in [-0.2, 0) is 4.79 Å². The Bertz CT molecular complexity index is 364. The second kappa shape index (κ2) is 6.43. The summed E-state index contributed by atoms with van der Waals surface area (Å²) in [7, 11) is 0. The molecule has 6 heteroatoms. The molecule has 0 radical (unpaired) electrons. The van der Waals surface area contributed by atoms with Crippen molar-refractivity contribution in [2.24, 2.45) is 11.7 Å². The molecule has 0 aromatic carbocycles. The van der Waals surface area contributed by atoms with Crippen molar-refractivity contribution in [3.63, 3.8) is 0 Å². The van der Waals surface area contributed by atoms with Gasteiger partial charge in [0, 0.05) is 44.7 Å². The molecule has 3 N–H and O–H groups in total. The molecule has 2 rings (SSSR count). The summed E-state index contributed by atoms with van der Waals surface area (Å²) in [5.74, 6) is 0.473. The van der Waals surface area contributed by atoms with Crippen LogP contribution < -0.4 is 11.1 Å². The van der Waals surface area contributed by atoms with Gasteiger partial charge in [-0.2, -0.15) is 0 Å². The number of hydrogen-bond donors (Lipinski definition) is 2. The van der Waals surface area contributed by atoms with Crippen molar-refractivity contribution < 1.29 is 9.59 Å². The van der Waals surface area contributed by atoms with Gasteiger partial charge in [-0.25, -0.2) is 4.79 Å². The number of nitrogens with two attached hydrogens (primary N) is 1. The maximum absolute atomic E-state index is 12.2. The van der Waals surface area contributed by atoms with Gasteiger partial charge in [-0.15, -0.1) is 0 Å². The van der Waals surface area contributed by atoms with Crippen molar-refractivity contribution in [2.75, 3.05) is 26.2 Å². The quantitative estimate of drug-likeness (QED) is 0.782. The normalized spacial score (nSPS) is 22.3. The molecule has 2 aliphatic heterocycles. The maximum atomic E-state index is 12.2. The average Bonchev–Trinajstić information content (AvgIpc) is 2.85. The van der Waals surface area contributed by atoms with Crippen LogP contribution in [0.15, 0.2) is 0 Å². The predicted octanol–water partition coefficient (Wildman–Crippen LogP) is 0.376. The minimum Gasteiger partial charge on any atom is -0.342 e. The minimum absolute atomic E-state index is 0.0385. The lowest BCUT2D eigenvalue weighted by molar-refractivity contribution is -0.133. The third kappa shape index (κ3) is 3.42. The van der Waals surface area contributed by atoms with Gasteiger partial charge in [0.05, 0.1) is 0 Å². The van der Waals surface area contributed by atoms with E-state index < -0.39 is 0 Å². The highest BCUT2D eigenvalue weighted by atomic mass is 16.2. The van der Waals surface area contributed by atoms with E-state index >= 15 is 0 Å². The first-order chi connectivity index (χ1) is 9.49. The number of amides is 3. The molecule has 2 saturated heterocycles. The molecule has 0 aromatic rings. The zero-order chi connectivity index (χ0) is 14.7. The van der Waals surface area contributed by atoms with Crippen LogP contribution in [0.2, 0.25) is 0 Å². The van der Waals surface area contributed by atoms with E-state index in [1.807, 2.05) is 23.6 Å². The molecule has 3 amide bonds. The topological polar surface area (TPSA) is 78.7 Å². The van der Waals surface area contributed by atoms with Crippen LogP contribution >= 0.6 is 0 Å². The third-order valence-corrected chi connectivity index (χ3v) is 4.41. The van der Waals surface area contributed by atoms with E-state index in [4.69, 9.17) is 5.73 Å². The first kappa shape index (κ1) is 15.1. The summed E-state index contributed by atoms with van der Waals surface area (Å²) in [6.07, 6.45) is 2.17. The van der Waals surface area contributed by atoms with E-state index in [9.17, 15) is 9.59 Å². The lowest BCUT2D eigenvalue weighted by Gasteiger charge is -2.36. The van der Waals surface area contributed by atoms with E-state index in [1.165, 1.54) is 0 Å². The fourth-order valence-electron chi connectivity index (χ4n) is 2.83. The van der Waals surface area contributed by atoms with Gasteiger partial charge in [-0.1, -0.05) is 13.8 Å². The van der Waals surface area contributed by atoms with Crippen molar-refractivity contribution in [1.82, 2.24) is 15.1 Å². The van der Waals surface area contributed by atoms with Gasteiger partial charge < -0.3 is 20.9 Å². The number of hydrogen-bond acceptors (Lipinski definition) is 3.